The monoisotopic (exact) mass is 245 g/mol. The lowest BCUT2D eigenvalue weighted by Crippen LogP contribution is -2.35. The molecule has 2 heteroatoms. The number of benzene rings is 1. The molecular weight excluding hydrogens is 222 g/mol. The predicted molar refractivity (Wildman–Crippen MR) is 74.6 cm³/mol. The zero-order valence-electron chi connectivity index (χ0n) is 11.4. The average molecular weight is 245 g/mol. The van der Waals surface area contributed by atoms with Gasteiger partial charge >= 0.3 is 0 Å². The molecule has 2 nitrogen and oxygen atoms in total. The third-order valence-corrected chi connectivity index (χ3v) is 4.08. The second kappa shape index (κ2) is 6.14. The molecule has 1 heterocycles. The third-order valence-electron chi connectivity index (χ3n) is 4.08. The minimum absolute atomic E-state index is 0.0736. The lowest BCUT2D eigenvalue weighted by Gasteiger charge is -2.27. The molecule has 0 saturated carbocycles. The topological polar surface area (TPSA) is 29.1 Å². The Morgan fingerprint density at radius 2 is 2.06 bits per heavy atom. The van der Waals surface area contributed by atoms with Crippen molar-refractivity contribution in [2.45, 2.75) is 45.6 Å². The van der Waals surface area contributed by atoms with Crippen LogP contribution in [0.2, 0.25) is 0 Å². The maximum atomic E-state index is 12.4. The van der Waals surface area contributed by atoms with Gasteiger partial charge in [-0.1, -0.05) is 51.0 Å². The van der Waals surface area contributed by atoms with Gasteiger partial charge in [0.15, 0.2) is 5.78 Å². The Labute approximate surface area is 110 Å². The molecule has 1 N–H and O–H groups in total. The summed E-state index contributed by atoms with van der Waals surface area (Å²) in [6, 6.07) is 8.26. The number of rotatable bonds is 5. The van der Waals surface area contributed by atoms with Gasteiger partial charge in [0.25, 0.3) is 0 Å². The number of nitrogens with one attached hydrogen (secondary N) is 1. The van der Waals surface area contributed by atoms with E-state index in [4.69, 9.17) is 0 Å². The van der Waals surface area contributed by atoms with Gasteiger partial charge in [-0.25, -0.2) is 0 Å². The van der Waals surface area contributed by atoms with Crippen LogP contribution in [-0.4, -0.2) is 12.3 Å². The van der Waals surface area contributed by atoms with Crippen molar-refractivity contribution in [3.63, 3.8) is 0 Å². The Hall–Kier alpha value is -1.15. The van der Waals surface area contributed by atoms with Crippen LogP contribution in [0, 0.1) is 5.92 Å². The fourth-order valence-electron chi connectivity index (χ4n) is 2.77. The highest BCUT2D eigenvalue weighted by Crippen LogP contribution is 2.26. The van der Waals surface area contributed by atoms with Crippen LogP contribution in [0.4, 0.5) is 0 Å². The summed E-state index contributed by atoms with van der Waals surface area (Å²) >= 11 is 0. The van der Waals surface area contributed by atoms with Crippen LogP contribution in [0.15, 0.2) is 24.3 Å². The van der Waals surface area contributed by atoms with Crippen molar-refractivity contribution in [2.75, 3.05) is 6.54 Å². The second-order valence-electron chi connectivity index (χ2n) is 5.19. The Morgan fingerprint density at radius 3 is 2.78 bits per heavy atom. The first-order valence-corrected chi connectivity index (χ1v) is 7.10. The standard InChI is InChI=1S/C16H23NO/c1-3-12(4-2)11-15(18)16-14-8-6-5-7-13(14)9-10-17-16/h5-8,12,16-17H,3-4,9-11H2,1-2H3. The van der Waals surface area contributed by atoms with Gasteiger partial charge in [0.1, 0.15) is 0 Å². The molecule has 1 unspecified atom stereocenters. The molecule has 1 aliphatic rings. The first kappa shape index (κ1) is 13.3. The van der Waals surface area contributed by atoms with Gasteiger partial charge in [-0.05, 0) is 23.5 Å². The quantitative estimate of drug-likeness (QED) is 0.862. The van der Waals surface area contributed by atoms with E-state index in [1.54, 1.807) is 0 Å². The van der Waals surface area contributed by atoms with Crippen molar-refractivity contribution < 1.29 is 4.79 Å². The van der Waals surface area contributed by atoms with E-state index in [2.05, 4.69) is 37.4 Å². The number of Topliss-reactive ketones (excluding diaryl/α,β-unsaturated/α-hetero) is 1. The first-order chi connectivity index (χ1) is 8.76. The predicted octanol–water partition coefficient (Wildman–Crippen LogP) is 3.27. The summed E-state index contributed by atoms with van der Waals surface area (Å²) in [6.45, 7) is 5.25. The third kappa shape index (κ3) is 2.81. The zero-order valence-corrected chi connectivity index (χ0v) is 11.4. The summed E-state index contributed by atoms with van der Waals surface area (Å²) in [5.41, 5.74) is 2.53. The van der Waals surface area contributed by atoms with Crippen molar-refractivity contribution in [3.8, 4) is 0 Å². The summed E-state index contributed by atoms with van der Waals surface area (Å²) in [6.07, 6.45) is 3.93. The molecule has 1 atom stereocenters. The Morgan fingerprint density at radius 1 is 1.33 bits per heavy atom. The SMILES string of the molecule is CCC(CC)CC(=O)C1NCCc2ccccc21. The van der Waals surface area contributed by atoms with Crippen LogP contribution >= 0.6 is 0 Å². The number of fused-ring (bicyclic) bond motifs is 1. The smallest absolute Gasteiger partial charge is 0.154 e. The summed E-state index contributed by atoms with van der Waals surface area (Å²) in [5, 5.41) is 3.38. The van der Waals surface area contributed by atoms with Crippen molar-refractivity contribution in [2.24, 2.45) is 5.92 Å². The number of hydrogen-bond donors (Lipinski definition) is 1. The summed E-state index contributed by atoms with van der Waals surface area (Å²) < 4.78 is 0. The van der Waals surface area contributed by atoms with E-state index in [9.17, 15) is 4.79 Å². The van der Waals surface area contributed by atoms with Gasteiger partial charge in [0.05, 0.1) is 6.04 Å². The molecule has 0 aliphatic carbocycles. The maximum absolute atomic E-state index is 12.4. The Bertz CT molecular complexity index is 409. The Balaban J connectivity index is 2.12. The van der Waals surface area contributed by atoms with Gasteiger partial charge in [-0.15, -0.1) is 0 Å². The van der Waals surface area contributed by atoms with Crippen LogP contribution in [0.5, 0.6) is 0 Å². The lowest BCUT2D eigenvalue weighted by atomic mass is 9.87. The van der Waals surface area contributed by atoms with Crippen LogP contribution in [0.25, 0.3) is 0 Å². The summed E-state index contributed by atoms with van der Waals surface area (Å²) in [7, 11) is 0. The highest BCUT2D eigenvalue weighted by atomic mass is 16.1. The maximum Gasteiger partial charge on any atom is 0.154 e. The first-order valence-electron chi connectivity index (χ1n) is 7.10. The molecule has 0 aromatic heterocycles. The molecule has 0 amide bonds. The van der Waals surface area contributed by atoms with E-state index >= 15 is 0 Å². The summed E-state index contributed by atoms with van der Waals surface area (Å²) in [5.74, 6) is 0.893. The zero-order chi connectivity index (χ0) is 13.0. The van der Waals surface area contributed by atoms with E-state index in [0.717, 1.165) is 25.8 Å². The number of hydrogen-bond acceptors (Lipinski definition) is 2. The molecule has 0 fully saturated rings. The average Bonchev–Trinajstić information content (AvgIpc) is 2.43. The molecule has 1 aromatic rings. The molecule has 1 aromatic carbocycles. The molecule has 98 valence electrons. The van der Waals surface area contributed by atoms with Crippen molar-refractivity contribution >= 4 is 5.78 Å². The lowest BCUT2D eigenvalue weighted by molar-refractivity contribution is -0.122. The minimum atomic E-state index is -0.0736. The summed E-state index contributed by atoms with van der Waals surface area (Å²) in [4.78, 5) is 12.4. The molecular formula is C16H23NO. The van der Waals surface area contributed by atoms with Gasteiger partial charge in [0.2, 0.25) is 0 Å². The number of carbonyl (C=O) groups excluding carboxylic acids is 1. The normalized spacial score (nSPS) is 18.7. The van der Waals surface area contributed by atoms with Crippen molar-refractivity contribution in [1.29, 1.82) is 0 Å². The van der Waals surface area contributed by atoms with Crippen LogP contribution in [-0.2, 0) is 11.2 Å². The second-order valence-corrected chi connectivity index (χ2v) is 5.19. The molecule has 2 rings (SSSR count). The number of ketones is 1. The fourth-order valence-corrected chi connectivity index (χ4v) is 2.77. The highest BCUT2D eigenvalue weighted by molar-refractivity contribution is 5.86. The van der Waals surface area contributed by atoms with E-state index in [1.807, 2.05) is 6.07 Å². The number of carbonyl (C=O) groups is 1. The molecule has 0 bridgehead atoms. The van der Waals surface area contributed by atoms with Crippen LogP contribution in [0.1, 0.15) is 50.3 Å². The van der Waals surface area contributed by atoms with Crippen LogP contribution < -0.4 is 5.32 Å². The van der Waals surface area contributed by atoms with Gasteiger partial charge in [0, 0.05) is 13.0 Å². The van der Waals surface area contributed by atoms with E-state index in [1.165, 1.54) is 11.1 Å². The molecule has 0 saturated heterocycles. The van der Waals surface area contributed by atoms with Gasteiger partial charge in [-0.3, -0.25) is 4.79 Å². The van der Waals surface area contributed by atoms with E-state index in [-0.39, 0.29) is 6.04 Å². The molecule has 0 spiro atoms. The molecule has 18 heavy (non-hydrogen) atoms. The minimum Gasteiger partial charge on any atom is -0.303 e. The fraction of sp³-hybridized carbons (Fsp3) is 0.562. The molecule has 1 aliphatic heterocycles. The van der Waals surface area contributed by atoms with E-state index < -0.39 is 0 Å². The largest absolute Gasteiger partial charge is 0.303 e. The van der Waals surface area contributed by atoms with Gasteiger partial charge < -0.3 is 5.32 Å². The van der Waals surface area contributed by atoms with E-state index in [0.29, 0.717) is 18.1 Å². The van der Waals surface area contributed by atoms with Crippen LogP contribution in [0.3, 0.4) is 0 Å². The van der Waals surface area contributed by atoms with Gasteiger partial charge in [-0.2, -0.15) is 0 Å². The molecule has 0 radical (unpaired) electrons. The Kier molecular flexibility index (Phi) is 4.54. The van der Waals surface area contributed by atoms with Crippen molar-refractivity contribution in [3.05, 3.63) is 35.4 Å². The highest BCUT2D eigenvalue weighted by Gasteiger charge is 2.26. The van der Waals surface area contributed by atoms with Crippen molar-refractivity contribution in [1.82, 2.24) is 5.32 Å².